The van der Waals surface area contributed by atoms with E-state index in [1.165, 1.54) is 6.33 Å². The number of aromatic nitrogens is 2. The van der Waals surface area contributed by atoms with Crippen LogP contribution in [0.4, 0.5) is 10.5 Å². The van der Waals surface area contributed by atoms with Crippen molar-refractivity contribution in [2.45, 2.75) is 33.3 Å². The number of aromatic amines is 1. The molecule has 160 valence electrons. The van der Waals surface area contributed by atoms with Crippen LogP contribution < -0.4 is 5.32 Å². The van der Waals surface area contributed by atoms with Gasteiger partial charge in [0.2, 0.25) is 0 Å². The Hall–Kier alpha value is -3.36. The van der Waals surface area contributed by atoms with E-state index in [0.29, 0.717) is 31.9 Å². The van der Waals surface area contributed by atoms with Crippen molar-refractivity contribution in [1.29, 1.82) is 0 Å². The number of ether oxygens (including phenoxy) is 1. The normalized spacial score (nSPS) is 14.4. The Kier molecular flexibility index (Phi) is 6.09. The summed E-state index contributed by atoms with van der Waals surface area (Å²) in [5.41, 5.74) is 1.24. The molecule has 1 saturated heterocycles. The molecule has 9 heteroatoms. The van der Waals surface area contributed by atoms with Gasteiger partial charge in [0.25, 0.3) is 11.8 Å². The molecule has 1 aromatic carbocycles. The first-order valence-electron chi connectivity index (χ1n) is 9.82. The highest BCUT2D eigenvalue weighted by atomic mass is 16.6. The molecule has 3 rings (SSSR count). The fourth-order valence-corrected chi connectivity index (χ4v) is 3.12. The van der Waals surface area contributed by atoms with Gasteiger partial charge in [-0.1, -0.05) is 12.1 Å². The van der Waals surface area contributed by atoms with Crippen LogP contribution in [0.15, 0.2) is 30.6 Å². The predicted molar refractivity (Wildman–Crippen MR) is 111 cm³/mol. The van der Waals surface area contributed by atoms with Gasteiger partial charge in [0.15, 0.2) is 5.69 Å². The highest BCUT2D eigenvalue weighted by molar-refractivity contribution is 6.10. The highest BCUT2D eigenvalue weighted by Crippen LogP contribution is 2.16. The van der Waals surface area contributed by atoms with Crippen LogP contribution in [0.25, 0.3) is 0 Å². The molecule has 2 aromatic rings. The molecule has 0 saturated carbocycles. The average molecular weight is 413 g/mol. The largest absolute Gasteiger partial charge is 0.444 e. The summed E-state index contributed by atoms with van der Waals surface area (Å²) in [7, 11) is 0. The zero-order valence-corrected chi connectivity index (χ0v) is 17.7. The molecule has 0 aliphatic carbocycles. The van der Waals surface area contributed by atoms with E-state index in [4.69, 9.17) is 4.74 Å². The Morgan fingerprint density at radius 3 is 2.40 bits per heavy atom. The number of imidazole rings is 1. The maximum absolute atomic E-state index is 12.9. The highest BCUT2D eigenvalue weighted by Gasteiger charge is 2.30. The third-order valence-corrected chi connectivity index (χ3v) is 4.56. The van der Waals surface area contributed by atoms with Gasteiger partial charge in [0.05, 0.1) is 6.33 Å². The van der Waals surface area contributed by atoms with Gasteiger partial charge in [-0.3, -0.25) is 9.59 Å². The molecule has 1 fully saturated rings. The average Bonchev–Trinajstić information content (AvgIpc) is 3.16. The number of H-pyrrole nitrogens is 1. The van der Waals surface area contributed by atoms with Crippen LogP contribution in [0.5, 0.6) is 0 Å². The molecule has 30 heavy (non-hydrogen) atoms. The summed E-state index contributed by atoms with van der Waals surface area (Å²) in [4.78, 5) is 47.7. The van der Waals surface area contributed by atoms with Crippen molar-refractivity contribution in [2.75, 3.05) is 31.5 Å². The number of rotatable bonds is 3. The Labute approximate surface area is 175 Å². The zero-order valence-electron chi connectivity index (χ0n) is 17.7. The number of nitrogens with zero attached hydrogens (tertiary/aromatic N) is 3. The number of carbonyl (C=O) groups excluding carboxylic acids is 3. The number of carbonyl (C=O) groups is 3. The fraction of sp³-hybridized carbons (Fsp3) is 0.429. The number of hydrogen-bond donors (Lipinski definition) is 2. The van der Waals surface area contributed by atoms with E-state index in [2.05, 4.69) is 15.3 Å². The molecular formula is C21H27N5O4. The standard InChI is InChI=1S/C21H27N5O4/c1-14-6-5-7-15(12-14)24-18(27)16-17(23-13-22-16)19(28)25-8-10-26(11-9-25)20(29)30-21(2,3)4/h5-7,12-13H,8-11H2,1-4H3,(H,22,23)(H,24,27). The van der Waals surface area contributed by atoms with Gasteiger partial charge in [-0.15, -0.1) is 0 Å². The Morgan fingerprint density at radius 2 is 1.77 bits per heavy atom. The molecule has 9 nitrogen and oxygen atoms in total. The lowest BCUT2D eigenvalue weighted by Gasteiger charge is -2.35. The van der Waals surface area contributed by atoms with Crippen LogP contribution in [0.2, 0.25) is 0 Å². The summed E-state index contributed by atoms with van der Waals surface area (Å²) in [5, 5.41) is 2.77. The monoisotopic (exact) mass is 413 g/mol. The predicted octanol–water partition coefficient (Wildman–Crippen LogP) is 2.66. The van der Waals surface area contributed by atoms with Crippen molar-refractivity contribution in [1.82, 2.24) is 19.8 Å². The van der Waals surface area contributed by atoms with Crippen LogP contribution in [0.3, 0.4) is 0 Å². The van der Waals surface area contributed by atoms with Crippen molar-refractivity contribution in [3.8, 4) is 0 Å². The van der Waals surface area contributed by atoms with Crippen molar-refractivity contribution < 1.29 is 19.1 Å². The number of anilines is 1. The second-order valence-electron chi connectivity index (χ2n) is 8.21. The summed E-state index contributed by atoms with van der Waals surface area (Å²) in [5.74, 6) is -0.789. The Bertz CT molecular complexity index is 939. The Balaban J connectivity index is 1.63. The van der Waals surface area contributed by atoms with Gasteiger partial charge in [0.1, 0.15) is 11.3 Å². The summed E-state index contributed by atoms with van der Waals surface area (Å²) in [6, 6.07) is 7.37. The van der Waals surface area contributed by atoms with E-state index in [1.807, 2.05) is 45.9 Å². The fourth-order valence-electron chi connectivity index (χ4n) is 3.12. The van der Waals surface area contributed by atoms with Gasteiger partial charge >= 0.3 is 6.09 Å². The summed E-state index contributed by atoms with van der Waals surface area (Å²) < 4.78 is 5.38. The number of aryl methyl sites for hydroxylation is 1. The molecule has 2 heterocycles. The second kappa shape index (κ2) is 8.56. The number of amides is 3. The first kappa shape index (κ1) is 21.4. The molecule has 1 aliphatic rings. The minimum absolute atomic E-state index is 0.0380. The quantitative estimate of drug-likeness (QED) is 0.804. The maximum atomic E-state index is 12.9. The van der Waals surface area contributed by atoms with Crippen LogP contribution in [0, 0.1) is 6.92 Å². The van der Waals surface area contributed by atoms with Gasteiger partial charge < -0.3 is 24.8 Å². The smallest absolute Gasteiger partial charge is 0.410 e. The molecule has 0 radical (unpaired) electrons. The molecule has 0 bridgehead atoms. The summed E-state index contributed by atoms with van der Waals surface area (Å²) in [6.45, 7) is 8.77. The lowest BCUT2D eigenvalue weighted by molar-refractivity contribution is 0.0140. The molecule has 1 aromatic heterocycles. The van der Waals surface area contributed by atoms with Gasteiger partial charge in [0, 0.05) is 31.9 Å². The molecule has 1 aliphatic heterocycles. The number of piperazine rings is 1. The van der Waals surface area contributed by atoms with Crippen molar-refractivity contribution in [3.63, 3.8) is 0 Å². The molecule has 0 atom stereocenters. The van der Waals surface area contributed by atoms with E-state index >= 15 is 0 Å². The van der Waals surface area contributed by atoms with Crippen LogP contribution in [-0.2, 0) is 4.74 Å². The first-order chi connectivity index (χ1) is 14.1. The third-order valence-electron chi connectivity index (χ3n) is 4.56. The number of hydrogen-bond acceptors (Lipinski definition) is 5. The van der Waals surface area contributed by atoms with Gasteiger partial charge in [-0.05, 0) is 45.4 Å². The molecule has 0 spiro atoms. The van der Waals surface area contributed by atoms with Crippen LogP contribution in [-0.4, -0.2) is 69.5 Å². The van der Waals surface area contributed by atoms with E-state index in [1.54, 1.807) is 15.9 Å². The lowest BCUT2D eigenvalue weighted by atomic mass is 10.2. The SMILES string of the molecule is Cc1cccc(NC(=O)c2nc[nH]c2C(=O)N2CCN(C(=O)OC(C)(C)C)CC2)c1. The molecule has 0 unspecified atom stereocenters. The van der Waals surface area contributed by atoms with E-state index in [-0.39, 0.29) is 17.3 Å². The van der Waals surface area contributed by atoms with Gasteiger partial charge in [-0.25, -0.2) is 9.78 Å². The molecule has 2 N–H and O–H groups in total. The third kappa shape index (κ3) is 5.16. The Morgan fingerprint density at radius 1 is 1.10 bits per heavy atom. The molecular weight excluding hydrogens is 386 g/mol. The zero-order chi connectivity index (χ0) is 21.9. The number of nitrogens with one attached hydrogen (secondary N) is 2. The van der Waals surface area contributed by atoms with Crippen LogP contribution >= 0.6 is 0 Å². The summed E-state index contributed by atoms with van der Waals surface area (Å²) in [6.07, 6.45) is 0.935. The van der Waals surface area contributed by atoms with E-state index in [0.717, 1.165) is 5.56 Å². The van der Waals surface area contributed by atoms with Crippen LogP contribution in [0.1, 0.15) is 47.3 Å². The van der Waals surface area contributed by atoms with Gasteiger partial charge in [-0.2, -0.15) is 0 Å². The minimum Gasteiger partial charge on any atom is -0.444 e. The number of benzene rings is 1. The minimum atomic E-state index is -0.570. The molecule has 3 amide bonds. The van der Waals surface area contributed by atoms with E-state index < -0.39 is 17.6 Å². The van der Waals surface area contributed by atoms with Crippen molar-refractivity contribution >= 4 is 23.6 Å². The van der Waals surface area contributed by atoms with E-state index in [9.17, 15) is 14.4 Å². The first-order valence-corrected chi connectivity index (χ1v) is 9.82. The lowest BCUT2D eigenvalue weighted by Crippen LogP contribution is -2.51. The van der Waals surface area contributed by atoms with Crippen molar-refractivity contribution in [2.24, 2.45) is 0 Å². The topological polar surface area (TPSA) is 108 Å². The maximum Gasteiger partial charge on any atom is 0.410 e. The van der Waals surface area contributed by atoms with Crippen molar-refractivity contribution in [3.05, 3.63) is 47.5 Å². The second-order valence-corrected chi connectivity index (χ2v) is 8.21. The summed E-state index contributed by atoms with van der Waals surface area (Å²) >= 11 is 0.